The minimum absolute atomic E-state index is 0.00994. The van der Waals surface area contributed by atoms with E-state index in [4.69, 9.17) is 0 Å². The molecule has 5 rings (SSSR count). The van der Waals surface area contributed by atoms with Crippen molar-refractivity contribution in [3.8, 4) is 11.1 Å². The summed E-state index contributed by atoms with van der Waals surface area (Å²) in [5.74, 6) is 0.550. The van der Waals surface area contributed by atoms with Gasteiger partial charge in [0.25, 0.3) is 5.91 Å². The molecule has 4 atom stereocenters. The predicted octanol–water partition coefficient (Wildman–Crippen LogP) is 5.08. The van der Waals surface area contributed by atoms with Crippen LogP contribution in [0, 0.1) is 24.7 Å². The highest BCUT2D eigenvalue weighted by Gasteiger charge is 2.49. The number of halogens is 3. The second-order valence-corrected chi connectivity index (χ2v) is 9.85. The molecule has 10 heteroatoms. The average molecular weight is 512 g/mol. The van der Waals surface area contributed by atoms with Gasteiger partial charge in [-0.1, -0.05) is 12.1 Å². The number of benzene rings is 1. The maximum atomic E-state index is 13.6. The van der Waals surface area contributed by atoms with Crippen LogP contribution < -0.4 is 10.6 Å². The quantitative estimate of drug-likeness (QED) is 0.463. The van der Waals surface area contributed by atoms with Gasteiger partial charge in [0.2, 0.25) is 5.91 Å². The van der Waals surface area contributed by atoms with E-state index in [0.717, 1.165) is 25.1 Å². The molecule has 2 amide bonds. The van der Waals surface area contributed by atoms with Crippen LogP contribution in [0.2, 0.25) is 0 Å². The van der Waals surface area contributed by atoms with Gasteiger partial charge < -0.3 is 10.6 Å². The van der Waals surface area contributed by atoms with E-state index in [1.807, 2.05) is 6.92 Å². The van der Waals surface area contributed by atoms with Gasteiger partial charge in [-0.25, -0.2) is 0 Å². The molecule has 2 heterocycles. The monoisotopic (exact) mass is 511 g/mol. The van der Waals surface area contributed by atoms with Crippen molar-refractivity contribution in [2.45, 2.75) is 51.9 Å². The molecule has 2 aliphatic carbocycles. The largest absolute Gasteiger partial charge is 0.417 e. The van der Waals surface area contributed by atoms with Crippen molar-refractivity contribution in [3.63, 3.8) is 0 Å². The Kier molecular flexibility index (Phi) is 6.51. The number of aryl methyl sites for hydroxylation is 2. The molecule has 2 aliphatic rings. The van der Waals surface area contributed by atoms with Crippen molar-refractivity contribution in [3.05, 3.63) is 65.7 Å². The lowest BCUT2D eigenvalue weighted by molar-refractivity contribution is -0.137. The summed E-state index contributed by atoms with van der Waals surface area (Å²) in [6, 6.07) is 8.06. The van der Waals surface area contributed by atoms with Gasteiger partial charge in [0.15, 0.2) is 0 Å². The van der Waals surface area contributed by atoms with Crippen LogP contribution in [0.1, 0.15) is 47.9 Å². The first kappa shape index (κ1) is 25.0. The van der Waals surface area contributed by atoms with Crippen molar-refractivity contribution in [1.82, 2.24) is 20.1 Å². The fraction of sp³-hybridized carbons (Fsp3) is 0.407. The number of amides is 2. The summed E-state index contributed by atoms with van der Waals surface area (Å²) in [5.41, 5.74) is 0.691. The molecule has 194 valence electrons. The van der Waals surface area contributed by atoms with Crippen molar-refractivity contribution in [2.75, 3.05) is 5.32 Å². The Hall–Kier alpha value is -3.69. The zero-order valence-electron chi connectivity index (χ0n) is 20.5. The van der Waals surface area contributed by atoms with Gasteiger partial charge in [-0.3, -0.25) is 19.3 Å². The standard InChI is InChI=1S/C27H28F3N5O2/c1-3-35-22(9-11-32-35)25(36)34-24(19-13-17-12-18(17)14-19)26(37)33-20-6-4-16(5-7-20)23-15(2)31-10-8-21(23)27(28,29)30/h4-11,17-19,24H,3,12-14H2,1-2H3,(H,33,37)(H,34,36)/t17-,18+,19-,24-/m1/s1. The summed E-state index contributed by atoms with van der Waals surface area (Å²) in [6.45, 7) is 3.94. The smallest absolute Gasteiger partial charge is 0.339 e. The fourth-order valence-corrected chi connectivity index (χ4v) is 5.53. The highest BCUT2D eigenvalue weighted by molar-refractivity contribution is 6.00. The molecule has 2 fully saturated rings. The lowest BCUT2D eigenvalue weighted by Gasteiger charge is -2.25. The molecule has 1 aromatic carbocycles. The van der Waals surface area contributed by atoms with Crippen LogP contribution in [-0.2, 0) is 17.5 Å². The van der Waals surface area contributed by atoms with Crippen molar-refractivity contribution in [1.29, 1.82) is 0 Å². The molecule has 37 heavy (non-hydrogen) atoms. The van der Waals surface area contributed by atoms with E-state index in [1.54, 1.807) is 29.1 Å². The van der Waals surface area contributed by atoms with Gasteiger partial charge in [0, 0.05) is 35.9 Å². The number of carbonyl (C=O) groups is 2. The normalized spacial score (nSPS) is 21.3. The molecule has 0 unspecified atom stereocenters. The molecule has 0 aliphatic heterocycles. The number of hydrogen-bond acceptors (Lipinski definition) is 4. The molecule has 2 aromatic heterocycles. The number of alkyl halides is 3. The van der Waals surface area contributed by atoms with Gasteiger partial charge in [-0.15, -0.1) is 0 Å². The minimum Gasteiger partial charge on any atom is -0.339 e. The Morgan fingerprint density at radius 2 is 1.76 bits per heavy atom. The number of nitrogens with zero attached hydrogens (tertiary/aromatic N) is 3. The zero-order chi connectivity index (χ0) is 26.3. The Balaban J connectivity index is 1.35. The van der Waals surface area contributed by atoms with Gasteiger partial charge in [0.1, 0.15) is 11.7 Å². The van der Waals surface area contributed by atoms with Gasteiger partial charge >= 0.3 is 6.18 Å². The fourth-order valence-electron chi connectivity index (χ4n) is 5.53. The predicted molar refractivity (Wildman–Crippen MR) is 132 cm³/mol. The maximum Gasteiger partial charge on any atom is 0.417 e. The Labute approximate surface area is 212 Å². The summed E-state index contributed by atoms with van der Waals surface area (Å²) in [5, 5.41) is 9.91. The average Bonchev–Trinajstić information content (AvgIpc) is 3.24. The van der Waals surface area contributed by atoms with Gasteiger partial charge in [-0.2, -0.15) is 18.3 Å². The summed E-state index contributed by atoms with van der Waals surface area (Å²) >= 11 is 0. The number of nitrogens with one attached hydrogen (secondary N) is 2. The number of hydrogen-bond donors (Lipinski definition) is 2. The van der Waals surface area contributed by atoms with Crippen molar-refractivity contribution >= 4 is 17.5 Å². The van der Waals surface area contributed by atoms with Crippen LogP contribution in [0.4, 0.5) is 18.9 Å². The first-order valence-corrected chi connectivity index (χ1v) is 12.4. The second kappa shape index (κ2) is 9.64. The lowest BCUT2D eigenvalue weighted by Crippen LogP contribution is -2.48. The molecule has 0 bridgehead atoms. The second-order valence-electron chi connectivity index (χ2n) is 9.85. The molecule has 3 aromatic rings. The minimum atomic E-state index is -4.52. The highest BCUT2D eigenvalue weighted by atomic mass is 19.4. The summed E-state index contributed by atoms with van der Waals surface area (Å²) in [4.78, 5) is 30.4. The Bertz CT molecular complexity index is 1310. The molecular weight excluding hydrogens is 483 g/mol. The number of carbonyl (C=O) groups excluding carboxylic acids is 2. The van der Waals surface area contributed by atoms with E-state index in [0.29, 0.717) is 35.3 Å². The molecule has 0 spiro atoms. The van der Waals surface area contributed by atoms with E-state index in [-0.39, 0.29) is 29.0 Å². The summed E-state index contributed by atoms with van der Waals surface area (Å²) < 4.78 is 42.3. The Morgan fingerprint density at radius 1 is 1.05 bits per heavy atom. The third kappa shape index (κ3) is 5.10. The van der Waals surface area contributed by atoms with Crippen molar-refractivity contribution in [2.24, 2.45) is 17.8 Å². The van der Waals surface area contributed by atoms with Gasteiger partial charge in [0.05, 0.1) is 5.56 Å². The van der Waals surface area contributed by atoms with E-state index in [9.17, 15) is 22.8 Å². The van der Waals surface area contributed by atoms with E-state index >= 15 is 0 Å². The molecule has 0 saturated heterocycles. The number of anilines is 1. The van der Waals surface area contributed by atoms with E-state index in [1.165, 1.54) is 25.5 Å². The van der Waals surface area contributed by atoms with E-state index in [2.05, 4.69) is 20.7 Å². The summed E-state index contributed by atoms with van der Waals surface area (Å²) in [7, 11) is 0. The van der Waals surface area contributed by atoms with Crippen LogP contribution in [0.15, 0.2) is 48.8 Å². The molecule has 2 N–H and O–H groups in total. The molecular formula is C27H28F3N5O2. The topological polar surface area (TPSA) is 88.9 Å². The number of pyridine rings is 1. The third-order valence-corrected chi connectivity index (χ3v) is 7.46. The van der Waals surface area contributed by atoms with Crippen LogP contribution in [0.3, 0.4) is 0 Å². The number of aromatic nitrogens is 3. The first-order chi connectivity index (χ1) is 17.7. The van der Waals surface area contributed by atoms with Gasteiger partial charge in [-0.05, 0) is 80.7 Å². The lowest BCUT2D eigenvalue weighted by atomic mass is 9.93. The molecule has 7 nitrogen and oxygen atoms in total. The van der Waals surface area contributed by atoms with E-state index < -0.39 is 17.8 Å². The SMILES string of the molecule is CCn1nccc1C(=O)N[C@@H](C(=O)Nc1ccc(-c2c(C(F)(F)F)ccnc2C)cc1)[C@@H]1C[C@H]2C[C@H]2C1. The van der Waals surface area contributed by atoms with Crippen LogP contribution in [0.25, 0.3) is 11.1 Å². The van der Waals surface area contributed by atoms with Crippen molar-refractivity contribution < 1.29 is 22.8 Å². The maximum absolute atomic E-state index is 13.6. The third-order valence-electron chi connectivity index (χ3n) is 7.46. The number of fused-ring (bicyclic) bond motifs is 1. The Morgan fingerprint density at radius 3 is 2.41 bits per heavy atom. The first-order valence-electron chi connectivity index (χ1n) is 12.4. The molecule has 0 radical (unpaired) electrons. The van der Waals surface area contributed by atoms with Crippen LogP contribution in [-0.4, -0.2) is 32.6 Å². The zero-order valence-corrected chi connectivity index (χ0v) is 20.5. The van der Waals surface area contributed by atoms with Crippen LogP contribution in [0.5, 0.6) is 0 Å². The summed E-state index contributed by atoms with van der Waals surface area (Å²) in [6.07, 6.45) is 1.12. The number of rotatable bonds is 7. The molecule has 2 saturated carbocycles. The highest BCUT2D eigenvalue weighted by Crippen LogP contribution is 2.55. The van der Waals surface area contributed by atoms with Crippen LogP contribution >= 0.6 is 0 Å².